The average Bonchev–Trinajstić information content (AvgIpc) is 2.87. The molecule has 0 saturated heterocycles. The lowest BCUT2D eigenvalue weighted by Gasteiger charge is -2.32. The highest BCUT2D eigenvalue weighted by Crippen LogP contribution is 2.27. The van der Waals surface area contributed by atoms with Gasteiger partial charge in [0.05, 0.1) is 11.9 Å². The minimum atomic E-state index is -0.111. The van der Waals surface area contributed by atoms with E-state index in [2.05, 4.69) is 20.4 Å². The van der Waals surface area contributed by atoms with Gasteiger partial charge in [-0.1, -0.05) is 19.3 Å². The molecule has 0 radical (unpaired) electrons. The first-order chi connectivity index (χ1) is 8.24. The minimum absolute atomic E-state index is 0.111. The Kier molecular flexibility index (Phi) is 3.66. The zero-order valence-electron chi connectivity index (χ0n) is 10.5. The standard InChI is InChI=1S/C12H20N4O/c1-13-12(17)11-10(8-14-15-11)16(2)9-6-4-3-5-7-9/h8-9H,3-7H2,1-2H3,(H,13,17)(H,14,15). The van der Waals surface area contributed by atoms with Crippen LogP contribution in [-0.4, -0.2) is 36.2 Å². The summed E-state index contributed by atoms with van der Waals surface area (Å²) in [6, 6.07) is 0.532. The summed E-state index contributed by atoms with van der Waals surface area (Å²) < 4.78 is 0. The molecule has 17 heavy (non-hydrogen) atoms. The number of nitrogens with zero attached hydrogens (tertiary/aromatic N) is 2. The number of nitrogens with one attached hydrogen (secondary N) is 2. The molecule has 0 aliphatic heterocycles. The third-order valence-corrected chi connectivity index (χ3v) is 3.58. The van der Waals surface area contributed by atoms with E-state index in [1.165, 1.54) is 32.1 Å². The van der Waals surface area contributed by atoms with Crippen LogP contribution < -0.4 is 10.2 Å². The average molecular weight is 236 g/mol. The van der Waals surface area contributed by atoms with E-state index < -0.39 is 0 Å². The molecule has 1 saturated carbocycles. The molecular formula is C12H20N4O. The summed E-state index contributed by atoms with van der Waals surface area (Å²) in [7, 11) is 3.68. The van der Waals surface area contributed by atoms with Crippen LogP contribution >= 0.6 is 0 Å². The summed E-state index contributed by atoms with van der Waals surface area (Å²) in [4.78, 5) is 13.9. The third-order valence-electron chi connectivity index (χ3n) is 3.58. The first-order valence-corrected chi connectivity index (χ1v) is 6.22. The fourth-order valence-corrected chi connectivity index (χ4v) is 2.50. The zero-order chi connectivity index (χ0) is 12.3. The van der Waals surface area contributed by atoms with Crippen LogP contribution in [0.4, 0.5) is 5.69 Å². The van der Waals surface area contributed by atoms with E-state index in [0.29, 0.717) is 11.7 Å². The van der Waals surface area contributed by atoms with Crippen LogP contribution in [0.1, 0.15) is 42.6 Å². The van der Waals surface area contributed by atoms with E-state index in [9.17, 15) is 4.79 Å². The number of amides is 1. The second kappa shape index (κ2) is 5.21. The van der Waals surface area contributed by atoms with Gasteiger partial charge in [0.1, 0.15) is 5.69 Å². The Morgan fingerprint density at radius 2 is 2.18 bits per heavy atom. The molecular weight excluding hydrogens is 216 g/mol. The maximum absolute atomic E-state index is 11.7. The van der Waals surface area contributed by atoms with E-state index in [0.717, 1.165) is 5.69 Å². The van der Waals surface area contributed by atoms with Gasteiger partial charge in [-0.25, -0.2) is 0 Å². The molecule has 5 heteroatoms. The summed E-state index contributed by atoms with van der Waals surface area (Å²) in [6.07, 6.45) is 8.03. The molecule has 94 valence electrons. The molecule has 1 aromatic heterocycles. The Morgan fingerprint density at radius 3 is 2.82 bits per heavy atom. The predicted octanol–water partition coefficient (Wildman–Crippen LogP) is 1.54. The Bertz CT molecular complexity index is 382. The van der Waals surface area contributed by atoms with Crippen LogP contribution in [0.5, 0.6) is 0 Å². The number of carbonyl (C=O) groups excluding carboxylic acids is 1. The van der Waals surface area contributed by atoms with Gasteiger partial charge in [-0.3, -0.25) is 9.89 Å². The van der Waals surface area contributed by atoms with Crippen LogP contribution in [-0.2, 0) is 0 Å². The first-order valence-electron chi connectivity index (χ1n) is 6.22. The van der Waals surface area contributed by atoms with Crippen molar-refractivity contribution < 1.29 is 4.79 Å². The summed E-state index contributed by atoms with van der Waals surface area (Å²) >= 11 is 0. The van der Waals surface area contributed by atoms with Gasteiger partial charge < -0.3 is 10.2 Å². The Morgan fingerprint density at radius 1 is 1.47 bits per heavy atom. The van der Waals surface area contributed by atoms with E-state index in [4.69, 9.17) is 0 Å². The lowest BCUT2D eigenvalue weighted by molar-refractivity contribution is 0.0958. The van der Waals surface area contributed by atoms with Gasteiger partial charge in [0.2, 0.25) is 0 Å². The molecule has 2 rings (SSSR count). The molecule has 1 aliphatic carbocycles. The van der Waals surface area contributed by atoms with Crippen molar-refractivity contribution in [3.05, 3.63) is 11.9 Å². The number of aromatic nitrogens is 2. The SMILES string of the molecule is CNC(=O)c1[nH]ncc1N(C)C1CCCCC1. The number of anilines is 1. The van der Waals surface area contributed by atoms with Crippen LogP contribution in [0.2, 0.25) is 0 Å². The van der Waals surface area contributed by atoms with Crippen molar-refractivity contribution in [1.29, 1.82) is 0 Å². The topological polar surface area (TPSA) is 61.0 Å². The van der Waals surface area contributed by atoms with Crippen molar-refractivity contribution in [3.8, 4) is 0 Å². The van der Waals surface area contributed by atoms with Crippen molar-refractivity contribution >= 4 is 11.6 Å². The summed E-state index contributed by atoms with van der Waals surface area (Å²) in [5.41, 5.74) is 1.46. The quantitative estimate of drug-likeness (QED) is 0.836. The second-order valence-corrected chi connectivity index (χ2v) is 4.61. The largest absolute Gasteiger partial charge is 0.368 e. The number of carbonyl (C=O) groups is 1. The van der Waals surface area contributed by atoms with Crippen molar-refractivity contribution in [1.82, 2.24) is 15.5 Å². The molecule has 1 aromatic rings. The molecule has 0 bridgehead atoms. The van der Waals surface area contributed by atoms with Gasteiger partial charge >= 0.3 is 0 Å². The number of rotatable bonds is 3. The van der Waals surface area contributed by atoms with Gasteiger partial charge in [-0.15, -0.1) is 0 Å². The Hall–Kier alpha value is -1.52. The van der Waals surface area contributed by atoms with Crippen molar-refractivity contribution in [2.45, 2.75) is 38.1 Å². The normalized spacial score (nSPS) is 16.8. The summed E-state index contributed by atoms with van der Waals surface area (Å²) in [6.45, 7) is 0. The Balaban J connectivity index is 2.15. The Labute approximate surface area is 102 Å². The van der Waals surface area contributed by atoms with E-state index in [-0.39, 0.29) is 5.91 Å². The summed E-state index contributed by atoms with van der Waals surface area (Å²) in [5, 5.41) is 9.38. The second-order valence-electron chi connectivity index (χ2n) is 4.61. The molecule has 1 fully saturated rings. The van der Waals surface area contributed by atoms with Crippen molar-refractivity contribution in [3.63, 3.8) is 0 Å². The van der Waals surface area contributed by atoms with Crippen LogP contribution in [0.15, 0.2) is 6.20 Å². The van der Waals surface area contributed by atoms with Gasteiger partial charge in [0.25, 0.3) is 5.91 Å². The van der Waals surface area contributed by atoms with Gasteiger partial charge in [-0.05, 0) is 12.8 Å². The monoisotopic (exact) mass is 236 g/mol. The first kappa shape index (κ1) is 12.0. The smallest absolute Gasteiger partial charge is 0.271 e. The zero-order valence-corrected chi connectivity index (χ0v) is 10.5. The van der Waals surface area contributed by atoms with E-state index in [1.807, 2.05) is 7.05 Å². The maximum Gasteiger partial charge on any atom is 0.271 e. The number of aromatic amines is 1. The molecule has 0 unspecified atom stereocenters. The molecule has 1 heterocycles. The fraction of sp³-hybridized carbons (Fsp3) is 0.667. The van der Waals surface area contributed by atoms with Crippen LogP contribution in [0.25, 0.3) is 0 Å². The van der Waals surface area contributed by atoms with Crippen molar-refractivity contribution in [2.24, 2.45) is 0 Å². The maximum atomic E-state index is 11.7. The van der Waals surface area contributed by atoms with Gasteiger partial charge in [0.15, 0.2) is 0 Å². The molecule has 1 amide bonds. The predicted molar refractivity (Wildman–Crippen MR) is 67.3 cm³/mol. The highest BCUT2D eigenvalue weighted by atomic mass is 16.1. The van der Waals surface area contributed by atoms with Crippen LogP contribution in [0, 0.1) is 0 Å². The lowest BCUT2D eigenvalue weighted by Crippen LogP contribution is -2.34. The molecule has 5 nitrogen and oxygen atoms in total. The number of hydrogen-bond acceptors (Lipinski definition) is 3. The van der Waals surface area contributed by atoms with E-state index in [1.54, 1.807) is 13.2 Å². The molecule has 0 atom stereocenters. The van der Waals surface area contributed by atoms with Crippen molar-refractivity contribution in [2.75, 3.05) is 19.0 Å². The minimum Gasteiger partial charge on any atom is -0.368 e. The lowest BCUT2D eigenvalue weighted by atomic mass is 9.94. The molecule has 2 N–H and O–H groups in total. The molecule has 0 spiro atoms. The van der Waals surface area contributed by atoms with Crippen LogP contribution in [0.3, 0.4) is 0 Å². The summed E-state index contributed by atoms with van der Waals surface area (Å²) in [5.74, 6) is -0.111. The third kappa shape index (κ3) is 2.43. The number of H-pyrrole nitrogens is 1. The van der Waals surface area contributed by atoms with Gasteiger partial charge in [0, 0.05) is 20.1 Å². The highest BCUT2D eigenvalue weighted by Gasteiger charge is 2.23. The highest BCUT2D eigenvalue weighted by molar-refractivity contribution is 5.97. The van der Waals surface area contributed by atoms with E-state index >= 15 is 0 Å². The fourth-order valence-electron chi connectivity index (χ4n) is 2.50. The molecule has 0 aromatic carbocycles. The number of hydrogen-bond donors (Lipinski definition) is 2. The van der Waals surface area contributed by atoms with Gasteiger partial charge in [-0.2, -0.15) is 5.10 Å². The molecule has 1 aliphatic rings.